The summed E-state index contributed by atoms with van der Waals surface area (Å²) in [5, 5.41) is 12.3. The number of rotatable bonds is 3. The van der Waals surface area contributed by atoms with Crippen molar-refractivity contribution in [3.05, 3.63) is 22.7 Å². The fourth-order valence-corrected chi connectivity index (χ4v) is 2.42. The third-order valence-corrected chi connectivity index (χ3v) is 3.70. The van der Waals surface area contributed by atoms with Gasteiger partial charge in [0.1, 0.15) is 11.3 Å². The molecular weight excluding hydrogens is 312 g/mol. The molecule has 1 aliphatic rings. The summed E-state index contributed by atoms with van der Waals surface area (Å²) in [5.74, 6) is -0.340. The monoisotopic (exact) mass is 328 g/mol. The number of aliphatic hydroxyl groups excluding tert-OH is 1. The molecule has 2 rings (SSSR count). The Morgan fingerprint density at radius 1 is 1.41 bits per heavy atom. The predicted octanol–water partition coefficient (Wildman–Crippen LogP) is 1.73. The lowest BCUT2D eigenvalue weighted by atomic mass is 10.1. The van der Waals surface area contributed by atoms with Crippen molar-refractivity contribution in [2.45, 2.75) is 12.5 Å². The average Bonchev–Trinajstić information content (AvgIpc) is 2.94. The van der Waals surface area contributed by atoms with E-state index in [1.807, 2.05) is 0 Å². The minimum Gasteiger partial charge on any atom is -0.496 e. The van der Waals surface area contributed by atoms with Crippen LogP contribution in [0.3, 0.4) is 0 Å². The Labute approximate surface area is 132 Å². The fourth-order valence-electron chi connectivity index (χ4n) is 2.21. The van der Waals surface area contributed by atoms with Crippen molar-refractivity contribution in [3.63, 3.8) is 0 Å². The van der Waals surface area contributed by atoms with Gasteiger partial charge in [-0.2, -0.15) is 0 Å². The Balaban J connectivity index is 2.21. The number of halogens is 1. The van der Waals surface area contributed by atoms with E-state index >= 15 is 0 Å². The maximum absolute atomic E-state index is 12.1. The molecule has 1 heterocycles. The molecule has 1 aliphatic heterocycles. The van der Waals surface area contributed by atoms with Crippen LogP contribution in [0.25, 0.3) is 0 Å². The fraction of sp³-hybridized carbons (Fsp3) is 0.429. The zero-order valence-corrected chi connectivity index (χ0v) is 13.0. The van der Waals surface area contributed by atoms with Gasteiger partial charge in [0.05, 0.1) is 31.0 Å². The number of esters is 1. The number of likely N-dealkylation sites (tertiary alicyclic amines) is 1. The van der Waals surface area contributed by atoms with Crippen molar-refractivity contribution in [3.8, 4) is 5.75 Å². The van der Waals surface area contributed by atoms with Gasteiger partial charge >= 0.3 is 12.0 Å². The highest BCUT2D eigenvalue weighted by atomic mass is 35.5. The summed E-state index contributed by atoms with van der Waals surface area (Å²) in [5.41, 5.74) is 0.488. The van der Waals surface area contributed by atoms with E-state index < -0.39 is 12.1 Å². The lowest BCUT2D eigenvalue weighted by molar-refractivity contribution is 0.0597. The van der Waals surface area contributed by atoms with Crippen molar-refractivity contribution < 1.29 is 24.2 Å². The number of carbonyl (C=O) groups excluding carboxylic acids is 2. The van der Waals surface area contributed by atoms with E-state index in [0.717, 1.165) is 0 Å². The van der Waals surface area contributed by atoms with Gasteiger partial charge < -0.3 is 24.8 Å². The van der Waals surface area contributed by atoms with Crippen LogP contribution in [-0.2, 0) is 4.74 Å². The Kier molecular flexibility index (Phi) is 5.10. The van der Waals surface area contributed by atoms with Gasteiger partial charge in [0, 0.05) is 19.2 Å². The molecule has 1 fully saturated rings. The second-order valence-corrected chi connectivity index (χ2v) is 5.25. The first-order valence-corrected chi connectivity index (χ1v) is 7.04. The van der Waals surface area contributed by atoms with Crippen LogP contribution in [0.5, 0.6) is 5.75 Å². The van der Waals surface area contributed by atoms with Crippen LogP contribution in [0.4, 0.5) is 10.5 Å². The summed E-state index contributed by atoms with van der Waals surface area (Å²) in [6.07, 6.45) is 0.0450. The first kappa shape index (κ1) is 16.4. The van der Waals surface area contributed by atoms with Gasteiger partial charge in [-0.05, 0) is 12.5 Å². The highest BCUT2D eigenvalue weighted by molar-refractivity contribution is 6.34. The van der Waals surface area contributed by atoms with E-state index in [0.29, 0.717) is 18.7 Å². The molecule has 0 aromatic heterocycles. The molecule has 0 radical (unpaired) electrons. The zero-order valence-electron chi connectivity index (χ0n) is 12.3. The molecule has 1 atom stereocenters. The minimum atomic E-state index is -0.584. The number of nitrogens with one attached hydrogen (secondary N) is 1. The van der Waals surface area contributed by atoms with Crippen LogP contribution >= 0.6 is 11.6 Å². The maximum Gasteiger partial charge on any atom is 0.341 e. The standard InChI is InChI=1S/C14H17ClN2O5/c1-21-12-6-11(10(15)5-9(12)13(19)22-2)16-14(20)17-4-3-8(18)7-17/h5-6,8,18H,3-4,7H2,1-2H3,(H,16,20)/t8-/m0/s1. The van der Waals surface area contributed by atoms with Crippen LogP contribution in [0.1, 0.15) is 16.8 Å². The van der Waals surface area contributed by atoms with Crippen molar-refractivity contribution >= 4 is 29.3 Å². The molecule has 2 N–H and O–H groups in total. The lowest BCUT2D eigenvalue weighted by Crippen LogP contribution is -2.33. The molecule has 0 bridgehead atoms. The largest absolute Gasteiger partial charge is 0.496 e. The second kappa shape index (κ2) is 6.85. The topological polar surface area (TPSA) is 88.1 Å². The van der Waals surface area contributed by atoms with Crippen LogP contribution in [0.2, 0.25) is 5.02 Å². The molecule has 1 aromatic carbocycles. The number of amides is 2. The molecule has 2 amide bonds. The third-order valence-electron chi connectivity index (χ3n) is 3.39. The number of anilines is 1. The van der Waals surface area contributed by atoms with Gasteiger partial charge in [-0.1, -0.05) is 11.6 Å². The van der Waals surface area contributed by atoms with Crippen molar-refractivity contribution in [1.29, 1.82) is 0 Å². The number of methoxy groups -OCH3 is 2. The Bertz CT molecular complexity index is 593. The van der Waals surface area contributed by atoms with E-state index in [2.05, 4.69) is 10.1 Å². The molecule has 0 unspecified atom stereocenters. The smallest absolute Gasteiger partial charge is 0.341 e. The lowest BCUT2D eigenvalue weighted by Gasteiger charge is -2.18. The summed E-state index contributed by atoms with van der Waals surface area (Å²) >= 11 is 6.09. The first-order chi connectivity index (χ1) is 10.5. The highest BCUT2D eigenvalue weighted by Gasteiger charge is 2.25. The van der Waals surface area contributed by atoms with E-state index in [1.54, 1.807) is 0 Å². The number of β-amino-alcohol motifs (C(OH)–C–C–N with tert-alkyl or cyclic N) is 1. The molecule has 0 saturated carbocycles. The third kappa shape index (κ3) is 3.42. The molecule has 120 valence electrons. The van der Waals surface area contributed by atoms with Crippen LogP contribution < -0.4 is 10.1 Å². The number of nitrogens with zero attached hydrogens (tertiary/aromatic N) is 1. The highest BCUT2D eigenvalue weighted by Crippen LogP contribution is 2.31. The SMILES string of the molecule is COC(=O)c1cc(Cl)c(NC(=O)N2CC[C@H](O)C2)cc1OC. The molecule has 1 aromatic rings. The van der Waals surface area contributed by atoms with Crippen LogP contribution in [-0.4, -0.2) is 55.4 Å². The first-order valence-electron chi connectivity index (χ1n) is 6.66. The summed E-state index contributed by atoms with van der Waals surface area (Å²) in [4.78, 5) is 25.2. The molecule has 1 saturated heterocycles. The van der Waals surface area contributed by atoms with Crippen molar-refractivity contribution in [2.75, 3.05) is 32.6 Å². The average molecular weight is 329 g/mol. The van der Waals surface area contributed by atoms with Crippen LogP contribution in [0, 0.1) is 0 Å². The number of hydrogen-bond acceptors (Lipinski definition) is 5. The molecular formula is C14H17ClN2O5. The van der Waals surface area contributed by atoms with Gasteiger partial charge in [-0.3, -0.25) is 0 Å². The Morgan fingerprint density at radius 3 is 2.68 bits per heavy atom. The van der Waals surface area contributed by atoms with Gasteiger partial charge in [-0.25, -0.2) is 9.59 Å². The molecule has 8 heteroatoms. The van der Waals surface area contributed by atoms with E-state index in [9.17, 15) is 14.7 Å². The maximum atomic E-state index is 12.1. The number of aliphatic hydroxyl groups is 1. The van der Waals surface area contributed by atoms with E-state index in [1.165, 1.54) is 31.3 Å². The molecule has 0 spiro atoms. The molecule has 7 nitrogen and oxygen atoms in total. The van der Waals surface area contributed by atoms with Gasteiger partial charge in [0.25, 0.3) is 0 Å². The number of hydrogen-bond donors (Lipinski definition) is 2. The van der Waals surface area contributed by atoms with E-state index in [-0.39, 0.29) is 28.9 Å². The van der Waals surface area contributed by atoms with E-state index in [4.69, 9.17) is 16.3 Å². The summed E-state index contributed by atoms with van der Waals surface area (Å²) in [6.45, 7) is 0.753. The summed E-state index contributed by atoms with van der Waals surface area (Å²) in [7, 11) is 2.65. The quantitative estimate of drug-likeness (QED) is 0.825. The number of benzene rings is 1. The predicted molar refractivity (Wildman–Crippen MR) is 80.6 cm³/mol. The van der Waals surface area contributed by atoms with Gasteiger partial charge in [-0.15, -0.1) is 0 Å². The number of carbonyl (C=O) groups is 2. The van der Waals surface area contributed by atoms with Gasteiger partial charge in [0.15, 0.2) is 0 Å². The van der Waals surface area contributed by atoms with Crippen molar-refractivity contribution in [1.82, 2.24) is 4.90 Å². The number of ether oxygens (including phenoxy) is 2. The Hall–Kier alpha value is -1.99. The summed E-state index contributed by atoms with van der Waals surface area (Å²) in [6, 6.07) is 2.46. The van der Waals surface area contributed by atoms with Gasteiger partial charge in [0.2, 0.25) is 0 Å². The second-order valence-electron chi connectivity index (χ2n) is 4.84. The molecule has 0 aliphatic carbocycles. The summed E-state index contributed by atoms with van der Waals surface area (Å²) < 4.78 is 9.77. The minimum absolute atomic E-state index is 0.171. The number of urea groups is 1. The van der Waals surface area contributed by atoms with Crippen molar-refractivity contribution in [2.24, 2.45) is 0 Å². The Morgan fingerprint density at radius 2 is 2.14 bits per heavy atom. The normalized spacial score (nSPS) is 17.3. The zero-order chi connectivity index (χ0) is 16.3. The molecule has 22 heavy (non-hydrogen) atoms. The van der Waals surface area contributed by atoms with Crippen LogP contribution in [0.15, 0.2) is 12.1 Å².